The maximum Gasteiger partial charge on any atom is 0.409 e. The maximum absolute atomic E-state index is 11.3. The second-order valence-corrected chi connectivity index (χ2v) is 3.49. The quantitative estimate of drug-likeness (QED) is 0.676. The number of rotatable bonds is 2. The molecule has 0 N–H and O–H groups in total. The molecule has 1 rings (SSSR count). The Bertz CT molecular complexity index is 227. The zero-order valence-electron chi connectivity index (χ0n) is 8.53. The molecule has 0 bridgehead atoms. The van der Waals surface area contributed by atoms with Gasteiger partial charge in [0.2, 0.25) is 0 Å². The minimum atomic E-state index is -0.220. The van der Waals surface area contributed by atoms with E-state index in [9.17, 15) is 4.79 Å². The predicted molar refractivity (Wildman–Crippen MR) is 51.5 cm³/mol. The van der Waals surface area contributed by atoms with Crippen molar-refractivity contribution >= 4 is 6.09 Å². The van der Waals surface area contributed by atoms with Crippen LogP contribution in [-0.4, -0.2) is 30.7 Å². The van der Waals surface area contributed by atoms with Crippen molar-refractivity contribution in [2.75, 3.05) is 19.7 Å². The second kappa shape index (κ2) is 5.48. The smallest absolute Gasteiger partial charge is 0.409 e. The lowest BCUT2D eigenvalue weighted by atomic mass is 9.94. The molecule has 0 atom stereocenters. The topological polar surface area (TPSA) is 53.3 Å². The zero-order valence-corrected chi connectivity index (χ0v) is 8.53. The van der Waals surface area contributed by atoms with Crippen molar-refractivity contribution in [2.45, 2.75) is 26.2 Å². The number of hydrogen-bond acceptors (Lipinski definition) is 3. The van der Waals surface area contributed by atoms with Crippen LogP contribution in [0.5, 0.6) is 0 Å². The highest BCUT2D eigenvalue weighted by Crippen LogP contribution is 2.20. The van der Waals surface area contributed by atoms with Crippen LogP contribution in [0.3, 0.4) is 0 Å². The molecule has 14 heavy (non-hydrogen) atoms. The molecule has 0 unspecified atom stereocenters. The largest absolute Gasteiger partial charge is 0.450 e. The summed E-state index contributed by atoms with van der Waals surface area (Å²) in [7, 11) is 0. The molecule has 1 heterocycles. The lowest BCUT2D eigenvalue weighted by molar-refractivity contribution is 0.0922. The van der Waals surface area contributed by atoms with Gasteiger partial charge in [-0.15, -0.1) is 0 Å². The molecule has 78 valence electrons. The molecule has 0 aliphatic carbocycles. The number of likely N-dealkylation sites (tertiary alicyclic amines) is 1. The fourth-order valence-corrected chi connectivity index (χ4v) is 1.66. The van der Waals surface area contributed by atoms with Crippen LogP contribution in [0.2, 0.25) is 0 Å². The molecule has 0 saturated carbocycles. The molecule has 1 aliphatic rings. The van der Waals surface area contributed by atoms with E-state index in [0.717, 1.165) is 25.9 Å². The highest BCUT2D eigenvalue weighted by Gasteiger charge is 2.22. The average molecular weight is 196 g/mol. The van der Waals surface area contributed by atoms with E-state index in [0.29, 0.717) is 18.9 Å². The summed E-state index contributed by atoms with van der Waals surface area (Å²) in [5.74, 6) is 0.464. The number of piperidine rings is 1. The highest BCUT2D eigenvalue weighted by molar-refractivity contribution is 5.67. The van der Waals surface area contributed by atoms with E-state index < -0.39 is 0 Å². The van der Waals surface area contributed by atoms with Crippen molar-refractivity contribution < 1.29 is 9.53 Å². The van der Waals surface area contributed by atoms with Gasteiger partial charge in [0, 0.05) is 19.5 Å². The standard InChI is InChI=1S/C10H16N2O2/c1-2-14-10(13)12-7-4-9(3-6-11)5-8-12/h9H,2-5,7-8H2,1H3. The van der Waals surface area contributed by atoms with Crippen molar-refractivity contribution in [2.24, 2.45) is 5.92 Å². The van der Waals surface area contributed by atoms with Crippen molar-refractivity contribution in [3.8, 4) is 6.07 Å². The Kier molecular flexibility index (Phi) is 4.24. The van der Waals surface area contributed by atoms with E-state index in [1.165, 1.54) is 0 Å². The second-order valence-electron chi connectivity index (χ2n) is 3.49. The van der Waals surface area contributed by atoms with Gasteiger partial charge in [0.05, 0.1) is 12.7 Å². The fraction of sp³-hybridized carbons (Fsp3) is 0.800. The van der Waals surface area contributed by atoms with Crippen LogP contribution in [0.15, 0.2) is 0 Å². The van der Waals surface area contributed by atoms with E-state index in [1.54, 1.807) is 11.8 Å². The monoisotopic (exact) mass is 196 g/mol. The van der Waals surface area contributed by atoms with Gasteiger partial charge < -0.3 is 9.64 Å². The van der Waals surface area contributed by atoms with Crippen molar-refractivity contribution in [1.29, 1.82) is 5.26 Å². The van der Waals surface area contributed by atoms with E-state index in [4.69, 9.17) is 10.00 Å². The first-order valence-electron chi connectivity index (χ1n) is 5.06. The minimum absolute atomic E-state index is 0.220. The summed E-state index contributed by atoms with van der Waals surface area (Å²) in [6.45, 7) is 3.69. The molecule has 0 spiro atoms. The molecule has 4 heteroatoms. The van der Waals surface area contributed by atoms with Gasteiger partial charge in [0.15, 0.2) is 0 Å². The molecule has 1 amide bonds. The predicted octanol–water partition coefficient (Wildman–Crippen LogP) is 1.77. The van der Waals surface area contributed by atoms with Gasteiger partial charge in [-0.05, 0) is 25.7 Å². The summed E-state index contributed by atoms with van der Waals surface area (Å²) in [6.07, 6.45) is 2.23. The van der Waals surface area contributed by atoms with Crippen LogP contribution >= 0.6 is 0 Å². The Balaban J connectivity index is 2.28. The molecule has 4 nitrogen and oxygen atoms in total. The average Bonchev–Trinajstić information content (AvgIpc) is 2.20. The fourth-order valence-electron chi connectivity index (χ4n) is 1.66. The van der Waals surface area contributed by atoms with Crippen LogP contribution in [0.1, 0.15) is 26.2 Å². The number of nitrogens with zero attached hydrogens (tertiary/aromatic N) is 2. The van der Waals surface area contributed by atoms with E-state index in [-0.39, 0.29) is 6.09 Å². The van der Waals surface area contributed by atoms with Crippen LogP contribution < -0.4 is 0 Å². The molecular formula is C10H16N2O2. The molecule has 0 aromatic heterocycles. The first-order valence-corrected chi connectivity index (χ1v) is 5.06. The van der Waals surface area contributed by atoms with Crippen LogP contribution in [0, 0.1) is 17.2 Å². The molecule has 0 aromatic carbocycles. The van der Waals surface area contributed by atoms with E-state index >= 15 is 0 Å². The van der Waals surface area contributed by atoms with Crippen LogP contribution in [0.4, 0.5) is 4.79 Å². The lowest BCUT2D eigenvalue weighted by Crippen LogP contribution is -2.38. The van der Waals surface area contributed by atoms with Gasteiger partial charge in [0.25, 0.3) is 0 Å². The number of carbonyl (C=O) groups is 1. The minimum Gasteiger partial charge on any atom is -0.450 e. The summed E-state index contributed by atoms with van der Waals surface area (Å²) in [5.41, 5.74) is 0. The number of nitriles is 1. The summed E-state index contributed by atoms with van der Waals surface area (Å²) in [4.78, 5) is 13.0. The number of amides is 1. The zero-order chi connectivity index (χ0) is 10.4. The number of carbonyl (C=O) groups excluding carboxylic acids is 1. The van der Waals surface area contributed by atoms with Crippen molar-refractivity contribution in [1.82, 2.24) is 4.90 Å². The van der Waals surface area contributed by atoms with Crippen LogP contribution in [0.25, 0.3) is 0 Å². The molecule has 1 fully saturated rings. The third-order valence-corrected chi connectivity index (χ3v) is 2.52. The first-order chi connectivity index (χ1) is 6.77. The Labute approximate surface area is 84.4 Å². The van der Waals surface area contributed by atoms with E-state index in [1.807, 2.05) is 0 Å². The van der Waals surface area contributed by atoms with Gasteiger partial charge in [0.1, 0.15) is 0 Å². The van der Waals surface area contributed by atoms with Crippen molar-refractivity contribution in [3.05, 3.63) is 0 Å². The molecule has 1 saturated heterocycles. The third-order valence-electron chi connectivity index (χ3n) is 2.52. The van der Waals surface area contributed by atoms with Gasteiger partial charge in [-0.1, -0.05) is 0 Å². The highest BCUT2D eigenvalue weighted by atomic mass is 16.6. The lowest BCUT2D eigenvalue weighted by Gasteiger charge is -2.30. The first kappa shape index (κ1) is 10.8. The van der Waals surface area contributed by atoms with Crippen molar-refractivity contribution in [3.63, 3.8) is 0 Å². The summed E-state index contributed by atoms with van der Waals surface area (Å²) in [6, 6.07) is 2.17. The van der Waals surface area contributed by atoms with Gasteiger partial charge >= 0.3 is 6.09 Å². The Morgan fingerprint density at radius 1 is 1.57 bits per heavy atom. The molecule has 0 radical (unpaired) electrons. The molecule has 1 aliphatic heterocycles. The van der Waals surface area contributed by atoms with E-state index in [2.05, 4.69) is 6.07 Å². The maximum atomic E-state index is 11.3. The summed E-state index contributed by atoms with van der Waals surface area (Å²) >= 11 is 0. The number of ether oxygens (including phenoxy) is 1. The van der Waals surface area contributed by atoms with Gasteiger partial charge in [-0.3, -0.25) is 0 Å². The van der Waals surface area contributed by atoms with Crippen LogP contribution in [-0.2, 0) is 4.74 Å². The number of hydrogen-bond donors (Lipinski definition) is 0. The normalized spacial score (nSPS) is 17.6. The Morgan fingerprint density at radius 3 is 2.71 bits per heavy atom. The molecule has 0 aromatic rings. The van der Waals surface area contributed by atoms with Gasteiger partial charge in [-0.2, -0.15) is 5.26 Å². The molecular weight excluding hydrogens is 180 g/mol. The Hall–Kier alpha value is -1.24. The van der Waals surface area contributed by atoms with Gasteiger partial charge in [-0.25, -0.2) is 4.79 Å². The Morgan fingerprint density at radius 2 is 2.21 bits per heavy atom. The SMILES string of the molecule is CCOC(=O)N1CCC(CC#N)CC1. The summed E-state index contributed by atoms with van der Waals surface area (Å²) < 4.78 is 4.90. The summed E-state index contributed by atoms with van der Waals surface area (Å²) in [5, 5.41) is 8.52. The third kappa shape index (κ3) is 2.91.